The summed E-state index contributed by atoms with van der Waals surface area (Å²) < 4.78 is 21.1. The Hall–Kier alpha value is -2.45. The number of ketones is 1. The number of Topliss-reactive ketones (excluding diaryl/α,β-unsaturated/α-hetero) is 1. The second-order valence-corrected chi connectivity index (χ2v) is 8.74. The van der Waals surface area contributed by atoms with E-state index in [1.54, 1.807) is 22.8 Å². The van der Waals surface area contributed by atoms with Gasteiger partial charge in [0.15, 0.2) is 11.4 Å². The second-order valence-electron chi connectivity index (χ2n) is 7.89. The summed E-state index contributed by atoms with van der Waals surface area (Å²) in [6.07, 6.45) is 1.84. The van der Waals surface area contributed by atoms with Crippen LogP contribution in [0.25, 0.3) is 11.1 Å². The first-order chi connectivity index (χ1) is 14.9. The molecule has 0 radical (unpaired) electrons. The van der Waals surface area contributed by atoms with E-state index in [-0.39, 0.29) is 17.4 Å². The number of halogens is 2. The van der Waals surface area contributed by atoms with Gasteiger partial charge in [-0.05, 0) is 78.6 Å². The van der Waals surface area contributed by atoms with Crippen LogP contribution in [-0.4, -0.2) is 48.0 Å². The zero-order chi connectivity index (χ0) is 22.0. The molecule has 31 heavy (non-hydrogen) atoms. The van der Waals surface area contributed by atoms with Crippen molar-refractivity contribution in [3.8, 4) is 0 Å². The Bertz CT molecular complexity index is 1150. The molecule has 1 aliphatic heterocycles. The molecule has 2 heterocycles. The number of aromatic nitrogens is 1. The molecule has 1 aliphatic rings. The Kier molecular flexibility index (Phi) is 6.57. The maximum atomic E-state index is 13.3. The highest BCUT2D eigenvalue weighted by Crippen LogP contribution is 2.28. The number of rotatable bonds is 7. The molecule has 0 saturated carbocycles. The zero-order valence-corrected chi connectivity index (χ0v) is 19.0. The van der Waals surface area contributed by atoms with Crippen LogP contribution < -0.4 is 10.7 Å². The molecular weight excluding hydrogens is 465 g/mol. The summed E-state index contributed by atoms with van der Waals surface area (Å²) in [5.41, 5.74) is 2.76. The van der Waals surface area contributed by atoms with Gasteiger partial charge in [-0.3, -0.25) is 14.3 Å². The molecule has 1 fully saturated rings. The van der Waals surface area contributed by atoms with E-state index < -0.39 is 0 Å². The van der Waals surface area contributed by atoms with E-state index >= 15 is 0 Å². The topological polar surface area (TPSA) is 58.7 Å². The van der Waals surface area contributed by atoms with Gasteiger partial charge < -0.3 is 9.32 Å². The van der Waals surface area contributed by atoms with Gasteiger partial charge in [-0.15, -0.1) is 0 Å². The van der Waals surface area contributed by atoms with Crippen LogP contribution >= 0.6 is 15.9 Å². The van der Waals surface area contributed by atoms with E-state index in [4.69, 9.17) is 4.42 Å². The van der Waals surface area contributed by atoms with Crippen LogP contribution in [-0.2, 0) is 6.54 Å². The Labute approximate surface area is 188 Å². The van der Waals surface area contributed by atoms with E-state index in [2.05, 4.69) is 25.7 Å². The molecule has 0 unspecified atom stereocenters. The van der Waals surface area contributed by atoms with Crippen molar-refractivity contribution in [2.45, 2.75) is 26.3 Å². The average Bonchev–Trinajstić information content (AvgIpc) is 3.06. The van der Waals surface area contributed by atoms with Crippen LogP contribution in [0.4, 0.5) is 10.1 Å². The summed E-state index contributed by atoms with van der Waals surface area (Å²) >= 11 is 3.45. The fourth-order valence-electron chi connectivity index (χ4n) is 4.05. The summed E-state index contributed by atoms with van der Waals surface area (Å²) in [4.78, 5) is 28.4. The number of unbranched alkanes of at least 4 members (excludes halogenated alkanes) is 1. The molecular formula is C23H25BrFN3O3. The predicted octanol–water partition coefficient (Wildman–Crippen LogP) is 4.30. The van der Waals surface area contributed by atoms with Crippen LogP contribution in [0, 0.1) is 5.82 Å². The number of aryl methyl sites for hydroxylation is 1. The number of anilines is 1. The van der Waals surface area contributed by atoms with Gasteiger partial charge in [-0.25, -0.2) is 9.18 Å². The van der Waals surface area contributed by atoms with Crippen molar-refractivity contribution >= 4 is 38.5 Å². The van der Waals surface area contributed by atoms with E-state index in [0.717, 1.165) is 61.2 Å². The molecule has 0 spiro atoms. The fourth-order valence-corrected chi connectivity index (χ4v) is 4.65. The second kappa shape index (κ2) is 9.36. The van der Waals surface area contributed by atoms with Crippen molar-refractivity contribution in [3.63, 3.8) is 0 Å². The first kappa shape index (κ1) is 21.8. The number of piperazine rings is 1. The van der Waals surface area contributed by atoms with Gasteiger partial charge in [0.1, 0.15) is 5.82 Å². The van der Waals surface area contributed by atoms with Crippen molar-refractivity contribution in [1.82, 2.24) is 9.47 Å². The zero-order valence-electron chi connectivity index (χ0n) is 17.4. The standard InChI is InChI=1S/C23H25BrFN3O3/c1-16(29)17-4-6-21-22(14-17)31-23(30)28(21)9-3-2-8-26-10-12-27(13-11-26)20-7-5-18(25)15-19(20)24/h4-7,14-15H,2-3,8-13H2,1H3. The lowest BCUT2D eigenvalue weighted by atomic mass is 10.1. The normalized spacial score (nSPS) is 15.0. The van der Waals surface area contributed by atoms with Crippen LogP contribution in [0.3, 0.4) is 0 Å². The molecule has 6 nitrogen and oxygen atoms in total. The first-order valence-corrected chi connectivity index (χ1v) is 11.3. The van der Waals surface area contributed by atoms with Gasteiger partial charge in [0.25, 0.3) is 0 Å². The minimum absolute atomic E-state index is 0.0517. The molecule has 164 valence electrons. The van der Waals surface area contributed by atoms with Crippen LogP contribution in [0.5, 0.6) is 0 Å². The summed E-state index contributed by atoms with van der Waals surface area (Å²) in [6, 6.07) is 9.97. The Morgan fingerprint density at radius 2 is 1.81 bits per heavy atom. The maximum Gasteiger partial charge on any atom is 0.419 e. The minimum Gasteiger partial charge on any atom is -0.408 e. The molecule has 0 N–H and O–H groups in total. The minimum atomic E-state index is -0.380. The predicted molar refractivity (Wildman–Crippen MR) is 122 cm³/mol. The Morgan fingerprint density at radius 1 is 1.06 bits per heavy atom. The summed E-state index contributed by atoms with van der Waals surface area (Å²) in [5, 5.41) is 0. The number of benzene rings is 2. The van der Waals surface area contributed by atoms with Gasteiger partial charge in [0, 0.05) is 42.8 Å². The highest BCUT2D eigenvalue weighted by molar-refractivity contribution is 9.10. The number of carbonyl (C=O) groups is 1. The van der Waals surface area contributed by atoms with E-state index in [1.807, 2.05) is 6.07 Å². The number of hydrogen-bond acceptors (Lipinski definition) is 5. The monoisotopic (exact) mass is 489 g/mol. The fraction of sp³-hybridized carbons (Fsp3) is 0.391. The number of fused-ring (bicyclic) bond motifs is 1. The molecule has 0 amide bonds. The molecule has 2 aromatic carbocycles. The highest BCUT2D eigenvalue weighted by atomic mass is 79.9. The highest BCUT2D eigenvalue weighted by Gasteiger charge is 2.19. The van der Waals surface area contributed by atoms with Crippen LogP contribution in [0.1, 0.15) is 30.1 Å². The average molecular weight is 490 g/mol. The van der Waals surface area contributed by atoms with Gasteiger partial charge in [-0.2, -0.15) is 0 Å². The molecule has 0 aliphatic carbocycles. The number of hydrogen-bond donors (Lipinski definition) is 0. The van der Waals surface area contributed by atoms with Gasteiger partial charge in [0.2, 0.25) is 0 Å². The van der Waals surface area contributed by atoms with E-state index in [9.17, 15) is 14.0 Å². The third-order valence-electron chi connectivity index (χ3n) is 5.80. The summed E-state index contributed by atoms with van der Waals surface area (Å²) in [7, 11) is 0. The SMILES string of the molecule is CC(=O)c1ccc2c(c1)oc(=O)n2CCCCN1CCN(c2ccc(F)cc2Br)CC1. The van der Waals surface area contributed by atoms with E-state index in [1.165, 1.54) is 19.1 Å². The maximum absolute atomic E-state index is 13.3. The lowest BCUT2D eigenvalue weighted by Crippen LogP contribution is -2.46. The van der Waals surface area contributed by atoms with Crippen LogP contribution in [0.15, 0.2) is 50.1 Å². The lowest BCUT2D eigenvalue weighted by molar-refractivity contribution is 0.101. The number of carbonyl (C=O) groups excluding carboxylic acids is 1. The number of nitrogens with zero attached hydrogens (tertiary/aromatic N) is 3. The third-order valence-corrected chi connectivity index (χ3v) is 6.44. The third kappa shape index (κ3) is 4.91. The molecule has 3 aromatic rings. The molecule has 1 aromatic heterocycles. The summed E-state index contributed by atoms with van der Waals surface area (Å²) in [5.74, 6) is -0.670. The summed E-state index contributed by atoms with van der Waals surface area (Å²) in [6.45, 7) is 6.75. The number of oxazole rings is 1. The smallest absolute Gasteiger partial charge is 0.408 e. The van der Waals surface area contributed by atoms with Crippen molar-refractivity contribution in [1.29, 1.82) is 0 Å². The lowest BCUT2D eigenvalue weighted by Gasteiger charge is -2.36. The van der Waals surface area contributed by atoms with Crippen molar-refractivity contribution in [2.75, 3.05) is 37.6 Å². The Balaban J connectivity index is 1.27. The van der Waals surface area contributed by atoms with Crippen molar-refractivity contribution < 1.29 is 13.6 Å². The molecule has 0 bridgehead atoms. The van der Waals surface area contributed by atoms with Gasteiger partial charge in [-0.1, -0.05) is 0 Å². The molecule has 8 heteroatoms. The van der Waals surface area contributed by atoms with Gasteiger partial charge in [0.05, 0.1) is 11.2 Å². The molecule has 1 saturated heterocycles. The first-order valence-electron chi connectivity index (χ1n) is 10.5. The van der Waals surface area contributed by atoms with Crippen LogP contribution in [0.2, 0.25) is 0 Å². The molecule has 4 rings (SSSR count). The van der Waals surface area contributed by atoms with Gasteiger partial charge >= 0.3 is 5.76 Å². The largest absolute Gasteiger partial charge is 0.419 e. The Morgan fingerprint density at radius 3 is 2.52 bits per heavy atom. The quantitative estimate of drug-likeness (QED) is 0.365. The molecule has 0 atom stereocenters. The van der Waals surface area contributed by atoms with E-state index in [0.29, 0.717) is 17.7 Å². The van der Waals surface area contributed by atoms with Crippen molar-refractivity contribution in [3.05, 3.63) is 62.8 Å². The van der Waals surface area contributed by atoms with Crippen molar-refractivity contribution in [2.24, 2.45) is 0 Å².